The zero-order valence-electron chi connectivity index (χ0n) is 47.0. The summed E-state index contributed by atoms with van der Waals surface area (Å²) in [6.07, 6.45) is 0. The summed E-state index contributed by atoms with van der Waals surface area (Å²) in [6, 6.07) is 80.9. The van der Waals surface area contributed by atoms with Crippen molar-refractivity contribution in [3.63, 3.8) is 0 Å². The summed E-state index contributed by atoms with van der Waals surface area (Å²) >= 11 is 1.88. The molecule has 0 fully saturated rings. The molecule has 14 rings (SSSR count). The van der Waals surface area contributed by atoms with Gasteiger partial charge in [-0.2, -0.15) is 0 Å². The summed E-state index contributed by atoms with van der Waals surface area (Å²) in [5, 5.41) is 5.07. The standard InChI is InChI=1S/C73H65BN4S/c1-46-40-66-70-67(41-46)78(55-34-37-59-58-21-15-17-23-68(58)79-69(59)45-55)65-44-54(35-39-61(65)74(70)60-38-28-49(73(8,9)10)42-64(60)77(66)52-31-26-48(27-32-52)72(5,6)7)75(51-29-24-47(25-30-51)71(2,3)4)53-33-36-57-56-20-14-16-22-62(56)76(63(57)43-53)50-18-12-11-13-19-50/h11-45H,1-10H3. The third-order valence-corrected chi connectivity index (χ3v) is 18.0. The van der Waals surface area contributed by atoms with Crippen LogP contribution in [0.1, 0.15) is 84.6 Å². The Hall–Kier alpha value is -8.32. The number of nitrogens with zero attached hydrogens (tertiary/aromatic N) is 4. The van der Waals surface area contributed by atoms with Gasteiger partial charge in [0, 0.05) is 87.8 Å². The SMILES string of the molecule is Cc1cc2c3c(c1)N(c1ccc(C(C)(C)C)cc1)c1cc(C(C)(C)C)ccc1B3c1ccc(N(c3ccc(C(C)(C)C)cc3)c3ccc4c5ccccc5n(-c5ccccc5)c4c3)cc1N2c1ccc2c(c1)sc1ccccc12. The third kappa shape index (κ3) is 8.01. The highest BCUT2D eigenvalue weighted by Gasteiger charge is 2.44. The first kappa shape index (κ1) is 49.0. The molecule has 0 radical (unpaired) electrons. The number of fused-ring (bicyclic) bond motifs is 10. The van der Waals surface area contributed by atoms with Crippen LogP contribution in [0.2, 0.25) is 0 Å². The maximum absolute atomic E-state index is 2.59. The molecule has 2 aliphatic heterocycles. The van der Waals surface area contributed by atoms with Crippen molar-refractivity contribution in [3.8, 4) is 5.69 Å². The molecule has 12 aromatic rings. The molecule has 4 heterocycles. The number of para-hydroxylation sites is 2. The summed E-state index contributed by atoms with van der Waals surface area (Å²) in [7, 11) is 0. The van der Waals surface area contributed by atoms with Crippen molar-refractivity contribution in [1.29, 1.82) is 0 Å². The lowest BCUT2D eigenvalue weighted by molar-refractivity contribution is 0.590. The summed E-state index contributed by atoms with van der Waals surface area (Å²) in [5.41, 5.74) is 23.0. The number of rotatable bonds is 6. The van der Waals surface area contributed by atoms with Gasteiger partial charge in [0.05, 0.1) is 11.0 Å². The Bertz CT molecular complexity index is 4390. The topological polar surface area (TPSA) is 14.7 Å². The predicted octanol–water partition coefficient (Wildman–Crippen LogP) is 18.9. The smallest absolute Gasteiger partial charge is 0.252 e. The maximum atomic E-state index is 2.59. The van der Waals surface area contributed by atoms with E-state index >= 15 is 0 Å². The third-order valence-electron chi connectivity index (χ3n) is 16.9. The molecule has 2 aliphatic rings. The van der Waals surface area contributed by atoms with E-state index in [1.54, 1.807) is 0 Å². The number of benzene rings is 10. The molecule has 386 valence electrons. The van der Waals surface area contributed by atoms with Gasteiger partial charge in [0.25, 0.3) is 6.71 Å². The maximum Gasteiger partial charge on any atom is 0.252 e. The van der Waals surface area contributed by atoms with Crippen molar-refractivity contribution in [3.05, 3.63) is 235 Å². The normalized spacial score (nSPS) is 13.4. The van der Waals surface area contributed by atoms with Crippen LogP contribution in [0.25, 0.3) is 47.7 Å². The highest BCUT2D eigenvalue weighted by atomic mass is 32.1. The second-order valence-corrected chi connectivity index (χ2v) is 26.3. The van der Waals surface area contributed by atoms with E-state index in [-0.39, 0.29) is 23.0 Å². The molecule has 0 atom stereocenters. The quantitative estimate of drug-likeness (QED) is 0.154. The Morgan fingerprint density at radius 2 is 0.873 bits per heavy atom. The van der Waals surface area contributed by atoms with E-state index < -0.39 is 0 Å². The molecule has 0 saturated carbocycles. The second-order valence-electron chi connectivity index (χ2n) is 25.2. The van der Waals surface area contributed by atoms with Crippen LogP contribution < -0.4 is 31.1 Å². The number of aryl methyl sites for hydroxylation is 1. The number of thiophene rings is 1. The van der Waals surface area contributed by atoms with Crippen LogP contribution in [0, 0.1) is 6.92 Å². The minimum Gasteiger partial charge on any atom is -0.311 e. The molecule has 0 N–H and O–H groups in total. The van der Waals surface area contributed by atoms with E-state index in [2.05, 4.69) is 301 Å². The van der Waals surface area contributed by atoms with Gasteiger partial charge in [-0.25, -0.2) is 0 Å². The molecule has 0 aliphatic carbocycles. The molecule has 4 nitrogen and oxygen atoms in total. The molecule has 0 bridgehead atoms. The Morgan fingerprint density at radius 3 is 1.57 bits per heavy atom. The van der Waals surface area contributed by atoms with Crippen molar-refractivity contribution in [2.45, 2.75) is 85.5 Å². The van der Waals surface area contributed by atoms with E-state index in [4.69, 9.17) is 0 Å². The second kappa shape index (κ2) is 17.9. The first-order valence-electron chi connectivity index (χ1n) is 28.0. The van der Waals surface area contributed by atoms with E-state index in [9.17, 15) is 0 Å². The lowest BCUT2D eigenvalue weighted by atomic mass is 9.33. The summed E-state index contributed by atoms with van der Waals surface area (Å²) in [5.74, 6) is 0. The average molecular weight is 1040 g/mol. The fourth-order valence-corrected chi connectivity index (χ4v) is 13.9. The highest BCUT2D eigenvalue weighted by Crippen LogP contribution is 2.49. The highest BCUT2D eigenvalue weighted by molar-refractivity contribution is 7.25. The van der Waals surface area contributed by atoms with Crippen LogP contribution in [0.15, 0.2) is 212 Å². The molecule has 2 aromatic heterocycles. The number of anilines is 9. The van der Waals surface area contributed by atoms with Gasteiger partial charge < -0.3 is 19.3 Å². The monoisotopic (exact) mass is 1040 g/mol. The first-order chi connectivity index (χ1) is 38.0. The van der Waals surface area contributed by atoms with Crippen molar-refractivity contribution in [2.75, 3.05) is 14.7 Å². The summed E-state index contributed by atoms with van der Waals surface area (Å²) in [4.78, 5) is 7.65. The fraction of sp³-hybridized carbons (Fsp3) is 0.178. The molecule has 6 heteroatoms. The molecule has 0 spiro atoms. The van der Waals surface area contributed by atoms with Crippen LogP contribution in [-0.4, -0.2) is 11.3 Å². The van der Waals surface area contributed by atoms with Crippen LogP contribution in [0.3, 0.4) is 0 Å². The van der Waals surface area contributed by atoms with Crippen LogP contribution in [-0.2, 0) is 16.2 Å². The number of hydrogen-bond acceptors (Lipinski definition) is 4. The Labute approximate surface area is 469 Å². The molecule has 0 saturated heterocycles. The zero-order valence-corrected chi connectivity index (χ0v) is 47.8. The average Bonchev–Trinajstić information content (AvgIpc) is 4.12. The number of aromatic nitrogens is 1. The van der Waals surface area contributed by atoms with Gasteiger partial charge in [0.2, 0.25) is 0 Å². The zero-order chi connectivity index (χ0) is 54.3. The van der Waals surface area contributed by atoms with E-state index in [1.165, 1.54) is 109 Å². The molecular weight excluding hydrogens is 976 g/mol. The lowest BCUT2D eigenvalue weighted by Gasteiger charge is -2.45. The van der Waals surface area contributed by atoms with E-state index in [1.807, 2.05) is 11.3 Å². The Morgan fingerprint density at radius 1 is 0.367 bits per heavy atom. The van der Waals surface area contributed by atoms with Crippen LogP contribution >= 0.6 is 11.3 Å². The van der Waals surface area contributed by atoms with Crippen molar-refractivity contribution in [1.82, 2.24) is 4.57 Å². The van der Waals surface area contributed by atoms with Gasteiger partial charge in [-0.05, 0) is 165 Å². The van der Waals surface area contributed by atoms with E-state index in [0.29, 0.717) is 0 Å². The molecule has 79 heavy (non-hydrogen) atoms. The van der Waals surface area contributed by atoms with Gasteiger partial charge >= 0.3 is 0 Å². The van der Waals surface area contributed by atoms with Gasteiger partial charge in [0.1, 0.15) is 0 Å². The van der Waals surface area contributed by atoms with E-state index in [0.717, 1.165) is 28.4 Å². The molecule has 0 unspecified atom stereocenters. The summed E-state index contributed by atoms with van der Waals surface area (Å²) < 4.78 is 5.02. The Kier molecular flexibility index (Phi) is 11.1. The summed E-state index contributed by atoms with van der Waals surface area (Å²) in [6.45, 7) is 23.0. The molecular formula is C73H65BN4S. The van der Waals surface area contributed by atoms with Crippen molar-refractivity contribution < 1.29 is 0 Å². The minimum atomic E-state index is -0.0523. The minimum absolute atomic E-state index is 0.000490. The lowest BCUT2D eigenvalue weighted by Crippen LogP contribution is -2.61. The largest absolute Gasteiger partial charge is 0.311 e. The Balaban J connectivity index is 1.04. The first-order valence-corrected chi connectivity index (χ1v) is 28.8. The van der Waals surface area contributed by atoms with Gasteiger partial charge in [-0.15, -0.1) is 11.3 Å². The van der Waals surface area contributed by atoms with Gasteiger partial charge in [-0.3, -0.25) is 0 Å². The van der Waals surface area contributed by atoms with Crippen molar-refractivity contribution in [2.24, 2.45) is 0 Å². The predicted molar refractivity (Wildman–Crippen MR) is 343 cm³/mol. The number of hydrogen-bond donors (Lipinski definition) is 0. The van der Waals surface area contributed by atoms with Crippen LogP contribution in [0.4, 0.5) is 51.2 Å². The molecule has 10 aromatic carbocycles. The molecule has 0 amide bonds. The van der Waals surface area contributed by atoms with Crippen LogP contribution in [0.5, 0.6) is 0 Å². The fourth-order valence-electron chi connectivity index (χ4n) is 12.8. The van der Waals surface area contributed by atoms with Gasteiger partial charge in [-0.1, -0.05) is 172 Å². The van der Waals surface area contributed by atoms with Crippen molar-refractivity contribution >= 4 is 128 Å². The van der Waals surface area contributed by atoms with Gasteiger partial charge in [0.15, 0.2) is 0 Å².